The predicted octanol–water partition coefficient (Wildman–Crippen LogP) is -0.0225. The number of phenols is 2. The monoisotopic (exact) mass is 416 g/mol. The summed E-state index contributed by atoms with van der Waals surface area (Å²) in [6.07, 6.45) is -4.08. The number of fused-ring (bicyclic) bond motifs is 2. The van der Waals surface area contributed by atoms with Gasteiger partial charge in [-0.05, 0) is 41.2 Å². The van der Waals surface area contributed by atoms with Crippen molar-refractivity contribution in [1.82, 2.24) is 0 Å². The Kier molecular flexibility index (Phi) is 5.29. The zero-order valence-corrected chi connectivity index (χ0v) is 16.0. The van der Waals surface area contributed by atoms with Crippen molar-refractivity contribution in [3.05, 3.63) is 58.1 Å². The molecule has 0 aliphatic heterocycles. The summed E-state index contributed by atoms with van der Waals surface area (Å²) in [5.41, 5.74) is 1.07. The van der Waals surface area contributed by atoms with E-state index >= 15 is 0 Å². The summed E-state index contributed by atoms with van der Waals surface area (Å²) in [4.78, 5) is 13.1. The average Bonchev–Trinajstić information content (AvgIpc) is 2.73. The number of benzene rings is 2. The van der Waals surface area contributed by atoms with Crippen LogP contribution in [0.25, 0.3) is 0 Å². The Labute approximate surface area is 172 Å². The minimum absolute atomic E-state index is 0.00425. The lowest BCUT2D eigenvalue weighted by Crippen LogP contribution is -2.53. The number of hydrogen-bond acceptors (Lipinski definition) is 8. The lowest BCUT2D eigenvalue weighted by atomic mass is 9.63. The Balaban J connectivity index is 1.96. The molecule has 30 heavy (non-hydrogen) atoms. The van der Waals surface area contributed by atoms with Gasteiger partial charge in [0.2, 0.25) is 5.78 Å². The predicted molar refractivity (Wildman–Crippen MR) is 104 cm³/mol. The van der Waals surface area contributed by atoms with Crippen LogP contribution in [0.3, 0.4) is 0 Å². The first-order valence-electron chi connectivity index (χ1n) is 9.78. The third-order valence-electron chi connectivity index (χ3n) is 6.45. The smallest absolute Gasteiger partial charge is 0.201 e. The fourth-order valence-electron chi connectivity index (χ4n) is 4.99. The fraction of sp³-hybridized carbons (Fsp3) is 0.409. The molecular weight excluding hydrogens is 392 g/mol. The molecule has 2 aliphatic carbocycles. The molecule has 0 bridgehead atoms. The van der Waals surface area contributed by atoms with Crippen molar-refractivity contribution in [3.63, 3.8) is 0 Å². The summed E-state index contributed by atoms with van der Waals surface area (Å²) in [5, 5.41) is 71.5. The van der Waals surface area contributed by atoms with E-state index in [0.29, 0.717) is 16.7 Å². The maximum absolute atomic E-state index is 13.1. The second-order valence-corrected chi connectivity index (χ2v) is 8.10. The zero-order chi connectivity index (χ0) is 21.7. The van der Waals surface area contributed by atoms with Gasteiger partial charge in [0.25, 0.3) is 0 Å². The number of carbonyl (C=O) groups excluding carboxylic acids is 1. The number of phenolic OH excluding ortho intramolecular Hbond substituents is 2. The molecule has 0 aromatic heterocycles. The first kappa shape index (κ1) is 20.8. The fourth-order valence-corrected chi connectivity index (χ4v) is 4.99. The highest BCUT2D eigenvalue weighted by molar-refractivity contribution is 6.16. The second kappa shape index (κ2) is 7.64. The van der Waals surface area contributed by atoms with Crippen molar-refractivity contribution >= 4 is 5.78 Å². The topological polar surface area (TPSA) is 159 Å². The lowest BCUT2D eigenvalue weighted by molar-refractivity contribution is -0.144. The van der Waals surface area contributed by atoms with Crippen molar-refractivity contribution in [2.75, 3.05) is 6.61 Å². The standard InChI is InChI=1S/C22H24O8/c23-7-9-4-12-16(13-6-10(8-24)19(27)22(30)20(13)28)11-2-1-3-14(25)17(11)21(29)18(12)15(26)5-9/h1-5,10,13,16,19-20,22-28,30H,6-8H2. The zero-order valence-electron chi connectivity index (χ0n) is 16.0. The average molecular weight is 416 g/mol. The van der Waals surface area contributed by atoms with Crippen LogP contribution in [0, 0.1) is 11.8 Å². The van der Waals surface area contributed by atoms with E-state index in [1.807, 2.05) is 0 Å². The molecule has 8 nitrogen and oxygen atoms in total. The summed E-state index contributed by atoms with van der Waals surface area (Å²) in [6, 6.07) is 7.36. The molecule has 8 heteroatoms. The van der Waals surface area contributed by atoms with Crippen molar-refractivity contribution < 1.29 is 40.5 Å². The van der Waals surface area contributed by atoms with E-state index in [1.165, 1.54) is 12.1 Å². The molecule has 2 aromatic carbocycles. The van der Waals surface area contributed by atoms with Gasteiger partial charge in [-0.25, -0.2) is 0 Å². The number of ketones is 1. The molecule has 2 aromatic rings. The van der Waals surface area contributed by atoms with Crippen LogP contribution in [0.2, 0.25) is 0 Å². The quantitative estimate of drug-likeness (QED) is 0.368. The molecule has 6 atom stereocenters. The first-order valence-corrected chi connectivity index (χ1v) is 9.78. The van der Waals surface area contributed by atoms with E-state index in [2.05, 4.69) is 0 Å². The number of aliphatic hydroxyl groups excluding tert-OH is 5. The van der Waals surface area contributed by atoms with E-state index in [9.17, 15) is 40.5 Å². The Morgan fingerprint density at radius 2 is 1.57 bits per heavy atom. The highest BCUT2D eigenvalue weighted by Gasteiger charge is 2.49. The van der Waals surface area contributed by atoms with Gasteiger partial charge in [0, 0.05) is 18.4 Å². The van der Waals surface area contributed by atoms with Gasteiger partial charge in [0.15, 0.2) is 0 Å². The van der Waals surface area contributed by atoms with Gasteiger partial charge < -0.3 is 35.7 Å². The molecule has 0 saturated heterocycles. The largest absolute Gasteiger partial charge is 0.507 e. The molecule has 2 aliphatic rings. The highest BCUT2D eigenvalue weighted by atomic mass is 16.4. The summed E-state index contributed by atoms with van der Waals surface area (Å²) < 4.78 is 0. The van der Waals surface area contributed by atoms with Gasteiger partial charge in [0.1, 0.15) is 17.6 Å². The summed E-state index contributed by atoms with van der Waals surface area (Å²) in [6.45, 7) is -0.794. The van der Waals surface area contributed by atoms with Gasteiger partial charge in [-0.1, -0.05) is 18.2 Å². The molecule has 0 spiro atoms. The van der Waals surface area contributed by atoms with Gasteiger partial charge in [0.05, 0.1) is 29.9 Å². The van der Waals surface area contributed by atoms with Crippen LogP contribution in [-0.4, -0.2) is 66.4 Å². The maximum Gasteiger partial charge on any atom is 0.201 e. The van der Waals surface area contributed by atoms with Crippen molar-refractivity contribution in [3.8, 4) is 11.5 Å². The Morgan fingerprint density at radius 1 is 0.867 bits per heavy atom. The molecule has 4 rings (SSSR count). The molecule has 1 saturated carbocycles. The van der Waals surface area contributed by atoms with Crippen LogP contribution >= 0.6 is 0 Å². The molecule has 160 valence electrons. The van der Waals surface area contributed by atoms with Crippen LogP contribution in [0.15, 0.2) is 30.3 Å². The maximum atomic E-state index is 13.1. The first-order chi connectivity index (χ1) is 14.3. The number of rotatable bonds is 3. The van der Waals surface area contributed by atoms with Crippen molar-refractivity contribution in [2.45, 2.75) is 37.3 Å². The molecule has 0 amide bonds. The Morgan fingerprint density at radius 3 is 2.23 bits per heavy atom. The van der Waals surface area contributed by atoms with Crippen LogP contribution in [-0.2, 0) is 6.61 Å². The summed E-state index contributed by atoms with van der Waals surface area (Å²) >= 11 is 0. The normalized spacial score (nSPS) is 30.6. The van der Waals surface area contributed by atoms with Crippen LogP contribution < -0.4 is 0 Å². The van der Waals surface area contributed by atoms with Crippen molar-refractivity contribution in [2.24, 2.45) is 11.8 Å². The molecule has 0 heterocycles. The lowest BCUT2D eigenvalue weighted by Gasteiger charge is -2.45. The second-order valence-electron chi connectivity index (χ2n) is 8.10. The molecule has 7 N–H and O–H groups in total. The molecule has 1 fully saturated rings. The third kappa shape index (κ3) is 3.00. The number of carbonyl (C=O) groups is 1. The van der Waals surface area contributed by atoms with Crippen LogP contribution in [0.4, 0.5) is 0 Å². The van der Waals surface area contributed by atoms with E-state index in [-0.39, 0.29) is 35.7 Å². The van der Waals surface area contributed by atoms with Crippen LogP contribution in [0.5, 0.6) is 11.5 Å². The molecule has 0 radical (unpaired) electrons. The summed E-state index contributed by atoms with van der Waals surface area (Å²) in [7, 11) is 0. The SMILES string of the molecule is O=C1c2c(O)cccc2C(C2CC(CO)C(O)C(O)C2O)c2cc(CO)cc(O)c21. The van der Waals surface area contributed by atoms with Crippen LogP contribution in [0.1, 0.15) is 45.0 Å². The number of aromatic hydroxyl groups is 2. The third-order valence-corrected chi connectivity index (χ3v) is 6.45. The van der Waals surface area contributed by atoms with Crippen molar-refractivity contribution in [1.29, 1.82) is 0 Å². The molecular formula is C22H24O8. The number of hydrogen-bond donors (Lipinski definition) is 7. The van der Waals surface area contributed by atoms with E-state index in [1.54, 1.807) is 18.2 Å². The highest BCUT2D eigenvalue weighted by Crippen LogP contribution is 2.50. The van der Waals surface area contributed by atoms with E-state index in [4.69, 9.17) is 0 Å². The van der Waals surface area contributed by atoms with Gasteiger partial charge >= 0.3 is 0 Å². The number of aliphatic hydroxyl groups is 5. The van der Waals surface area contributed by atoms with Gasteiger partial charge in [-0.2, -0.15) is 0 Å². The van der Waals surface area contributed by atoms with Gasteiger partial charge in [-0.3, -0.25) is 4.79 Å². The minimum atomic E-state index is -1.52. The van der Waals surface area contributed by atoms with E-state index < -0.39 is 48.5 Å². The molecule has 6 unspecified atom stereocenters. The minimum Gasteiger partial charge on any atom is -0.507 e. The van der Waals surface area contributed by atoms with Gasteiger partial charge in [-0.15, -0.1) is 0 Å². The summed E-state index contributed by atoms with van der Waals surface area (Å²) in [5.74, 6) is -3.39. The Hall–Kier alpha value is -2.49. The van der Waals surface area contributed by atoms with E-state index in [0.717, 1.165) is 0 Å². The Bertz CT molecular complexity index is 985.